The maximum Gasteiger partial charge on any atom is 0.435 e. The van der Waals surface area contributed by atoms with Gasteiger partial charge in [0.15, 0.2) is 5.69 Å². The van der Waals surface area contributed by atoms with Gasteiger partial charge in [-0.05, 0) is 38.3 Å². The smallest absolute Gasteiger partial charge is 0.315 e. The number of halogens is 3. The highest BCUT2D eigenvalue weighted by atomic mass is 19.4. The van der Waals surface area contributed by atoms with Gasteiger partial charge in [0.05, 0.1) is 6.04 Å². The molecule has 19 heavy (non-hydrogen) atoms. The molecule has 0 aliphatic heterocycles. The van der Waals surface area contributed by atoms with Gasteiger partial charge in [-0.3, -0.25) is 4.68 Å². The number of alkyl halides is 3. The second kappa shape index (κ2) is 5.53. The summed E-state index contributed by atoms with van der Waals surface area (Å²) in [5.74, 6) is 0.577. The first-order valence-corrected chi connectivity index (χ1v) is 6.75. The van der Waals surface area contributed by atoms with Crippen molar-refractivity contribution in [1.82, 2.24) is 15.1 Å². The molecule has 1 N–H and O–H groups in total. The SMILES string of the molecule is CCC1CCC(NC)C(n2ccc(C(F)(F)F)n2)C1. The molecule has 1 saturated carbocycles. The van der Waals surface area contributed by atoms with E-state index >= 15 is 0 Å². The average molecular weight is 275 g/mol. The number of nitrogens with zero attached hydrogens (tertiary/aromatic N) is 2. The van der Waals surface area contributed by atoms with E-state index in [4.69, 9.17) is 0 Å². The predicted molar refractivity (Wildman–Crippen MR) is 66.7 cm³/mol. The summed E-state index contributed by atoms with van der Waals surface area (Å²) in [4.78, 5) is 0. The van der Waals surface area contributed by atoms with Crippen molar-refractivity contribution in [3.63, 3.8) is 0 Å². The topological polar surface area (TPSA) is 29.9 Å². The fraction of sp³-hybridized carbons (Fsp3) is 0.769. The van der Waals surface area contributed by atoms with Crippen molar-refractivity contribution in [2.75, 3.05) is 7.05 Å². The molecule has 1 fully saturated rings. The molecule has 108 valence electrons. The van der Waals surface area contributed by atoms with Crippen LogP contribution in [0.5, 0.6) is 0 Å². The first-order valence-electron chi connectivity index (χ1n) is 6.75. The highest BCUT2D eigenvalue weighted by molar-refractivity contribution is 5.05. The van der Waals surface area contributed by atoms with Gasteiger partial charge < -0.3 is 5.32 Å². The van der Waals surface area contributed by atoms with E-state index < -0.39 is 11.9 Å². The van der Waals surface area contributed by atoms with E-state index in [0.717, 1.165) is 31.7 Å². The van der Waals surface area contributed by atoms with Crippen molar-refractivity contribution >= 4 is 0 Å². The largest absolute Gasteiger partial charge is 0.435 e. The zero-order valence-electron chi connectivity index (χ0n) is 11.2. The minimum atomic E-state index is -4.36. The van der Waals surface area contributed by atoms with Crippen LogP contribution in [0.1, 0.15) is 44.3 Å². The van der Waals surface area contributed by atoms with Crippen molar-refractivity contribution in [2.45, 2.75) is 50.9 Å². The lowest BCUT2D eigenvalue weighted by Crippen LogP contribution is -2.40. The summed E-state index contributed by atoms with van der Waals surface area (Å²) in [7, 11) is 1.86. The van der Waals surface area contributed by atoms with Crippen LogP contribution in [0.4, 0.5) is 13.2 Å². The molecule has 0 bridgehead atoms. The third kappa shape index (κ3) is 3.11. The normalized spacial score (nSPS) is 28.6. The summed E-state index contributed by atoms with van der Waals surface area (Å²) in [6.07, 6.45) is 1.17. The molecule has 3 nitrogen and oxygen atoms in total. The van der Waals surface area contributed by atoms with Crippen molar-refractivity contribution in [3.05, 3.63) is 18.0 Å². The van der Waals surface area contributed by atoms with Crippen molar-refractivity contribution < 1.29 is 13.2 Å². The Morgan fingerprint density at radius 2 is 2.16 bits per heavy atom. The fourth-order valence-corrected chi connectivity index (χ4v) is 2.91. The van der Waals surface area contributed by atoms with Gasteiger partial charge in [-0.15, -0.1) is 0 Å². The minimum Gasteiger partial charge on any atom is -0.315 e. The molecular weight excluding hydrogens is 255 g/mol. The quantitative estimate of drug-likeness (QED) is 0.917. The van der Waals surface area contributed by atoms with Crippen LogP contribution in [0.3, 0.4) is 0 Å². The summed E-state index contributed by atoms with van der Waals surface area (Å²) in [6, 6.07) is 1.27. The van der Waals surface area contributed by atoms with E-state index in [1.54, 1.807) is 0 Å². The van der Waals surface area contributed by atoms with Crippen LogP contribution in [-0.4, -0.2) is 22.9 Å². The number of hydrogen-bond donors (Lipinski definition) is 1. The van der Waals surface area contributed by atoms with Gasteiger partial charge >= 0.3 is 6.18 Å². The fourth-order valence-electron chi connectivity index (χ4n) is 2.91. The third-order valence-corrected chi connectivity index (χ3v) is 4.11. The lowest BCUT2D eigenvalue weighted by molar-refractivity contribution is -0.141. The molecule has 1 aromatic rings. The number of rotatable bonds is 3. The van der Waals surface area contributed by atoms with Gasteiger partial charge in [-0.1, -0.05) is 13.3 Å². The number of aromatic nitrogens is 2. The number of hydrogen-bond acceptors (Lipinski definition) is 2. The molecular formula is C13H20F3N3. The Morgan fingerprint density at radius 3 is 2.68 bits per heavy atom. The van der Waals surface area contributed by atoms with E-state index in [1.165, 1.54) is 10.9 Å². The zero-order valence-corrected chi connectivity index (χ0v) is 11.2. The standard InChI is InChI=1S/C13H20F3N3/c1-3-9-4-5-10(17-2)11(8-9)19-7-6-12(18-19)13(14,15)16/h6-7,9-11,17H,3-5,8H2,1-2H3. The van der Waals surface area contributed by atoms with E-state index in [2.05, 4.69) is 17.3 Å². The molecule has 0 saturated heterocycles. The molecule has 6 heteroatoms. The molecule has 1 aliphatic carbocycles. The van der Waals surface area contributed by atoms with Gasteiger partial charge in [-0.25, -0.2) is 0 Å². The Bertz CT molecular complexity index is 414. The van der Waals surface area contributed by atoms with E-state index in [9.17, 15) is 13.2 Å². The second-order valence-corrected chi connectivity index (χ2v) is 5.23. The molecule has 0 radical (unpaired) electrons. The highest BCUT2D eigenvalue weighted by Crippen LogP contribution is 2.35. The predicted octanol–water partition coefficient (Wildman–Crippen LogP) is 3.24. The monoisotopic (exact) mass is 275 g/mol. The first kappa shape index (κ1) is 14.4. The van der Waals surface area contributed by atoms with Crippen molar-refractivity contribution in [1.29, 1.82) is 0 Å². The second-order valence-electron chi connectivity index (χ2n) is 5.23. The van der Waals surface area contributed by atoms with E-state index in [-0.39, 0.29) is 12.1 Å². The zero-order chi connectivity index (χ0) is 14.0. The van der Waals surface area contributed by atoms with E-state index in [0.29, 0.717) is 5.92 Å². The molecule has 3 unspecified atom stereocenters. The molecule has 1 heterocycles. The summed E-state index contributed by atoms with van der Waals surface area (Å²) in [6.45, 7) is 2.13. The minimum absolute atomic E-state index is 0.0137. The lowest BCUT2D eigenvalue weighted by atomic mass is 9.81. The van der Waals surface area contributed by atoms with Gasteiger partial charge in [0.1, 0.15) is 0 Å². The summed E-state index contributed by atoms with van der Waals surface area (Å²) in [5, 5.41) is 6.93. The van der Waals surface area contributed by atoms with Gasteiger partial charge in [-0.2, -0.15) is 18.3 Å². The number of nitrogens with one attached hydrogen (secondary N) is 1. The summed E-state index contributed by atoms with van der Waals surface area (Å²) in [5.41, 5.74) is -0.805. The molecule has 0 aromatic carbocycles. The lowest BCUT2D eigenvalue weighted by Gasteiger charge is -2.35. The molecule has 1 aromatic heterocycles. The molecule has 1 aliphatic rings. The Kier molecular flexibility index (Phi) is 4.18. The van der Waals surface area contributed by atoms with Crippen molar-refractivity contribution in [2.24, 2.45) is 5.92 Å². The van der Waals surface area contributed by atoms with Crippen LogP contribution in [0, 0.1) is 5.92 Å². The first-order chi connectivity index (χ1) is 8.95. The average Bonchev–Trinajstić information content (AvgIpc) is 2.87. The van der Waals surface area contributed by atoms with Gasteiger partial charge in [0.2, 0.25) is 0 Å². The van der Waals surface area contributed by atoms with Gasteiger partial charge in [0, 0.05) is 12.2 Å². The Morgan fingerprint density at radius 1 is 1.42 bits per heavy atom. The Balaban J connectivity index is 2.19. The van der Waals surface area contributed by atoms with Crippen molar-refractivity contribution in [3.8, 4) is 0 Å². The maximum atomic E-state index is 12.6. The Labute approximate surface area is 111 Å². The van der Waals surface area contributed by atoms with Gasteiger partial charge in [0.25, 0.3) is 0 Å². The molecule has 0 spiro atoms. The molecule has 3 atom stereocenters. The summed E-state index contributed by atoms with van der Waals surface area (Å²) < 4.78 is 39.3. The summed E-state index contributed by atoms with van der Waals surface area (Å²) >= 11 is 0. The van der Waals surface area contributed by atoms with E-state index in [1.807, 2.05) is 7.05 Å². The van der Waals surface area contributed by atoms with Crippen LogP contribution < -0.4 is 5.32 Å². The van der Waals surface area contributed by atoms with Crippen LogP contribution in [-0.2, 0) is 6.18 Å². The van der Waals surface area contributed by atoms with Crippen LogP contribution in [0.15, 0.2) is 12.3 Å². The molecule has 2 rings (SSSR count). The third-order valence-electron chi connectivity index (χ3n) is 4.11. The van der Waals surface area contributed by atoms with Crippen LogP contribution in [0.2, 0.25) is 0 Å². The number of likely N-dealkylation sites (N-methyl/N-ethyl adjacent to an activating group) is 1. The highest BCUT2D eigenvalue weighted by Gasteiger charge is 2.36. The Hall–Kier alpha value is -1.04. The molecule has 0 amide bonds. The van der Waals surface area contributed by atoms with Crippen LogP contribution in [0.25, 0.3) is 0 Å². The van der Waals surface area contributed by atoms with Crippen LogP contribution >= 0.6 is 0 Å². The maximum absolute atomic E-state index is 12.6.